The second kappa shape index (κ2) is 17.0. The second-order valence-electron chi connectivity index (χ2n) is 1.71. The molecule has 0 saturated carbocycles. The molecule has 0 aliphatic heterocycles. The summed E-state index contributed by atoms with van der Waals surface area (Å²) in [6, 6.07) is 0. The highest BCUT2D eigenvalue weighted by Crippen LogP contribution is 1.69. The van der Waals surface area contributed by atoms with E-state index in [-0.39, 0.29) is 18.4 Å². The van der Waals surface area contributed by atoms with Crippen molar-refractivity contribution in [2.24, 2.45) is 0 Å². The van der Waals surface area contributed by atoms with Crippen molar-refractivity contribution in [3.63, 3.8) is 0 Å². The molecular formula is C8H19ClO3. The Bertz CT molecular complexity index is 84.4. The highest BCUT2D eigenvalue weighted by Gasteiger charge is 1.81. The van der Waals surface area contributed by atoms with Gasteiger partial charge in [-0.05, 0) is 20.8 Å². The molecule has 0 atom stereocenters. The summed E-state index contributed by atoms with van der Waals surface area (Å²) >= 11 is 0. The molecule has 0 amide bonds. The maximum atomic E-state index is 9.82. The lowest BCUT2D eigenvalue weighted by Gasteiger charge is -1.89. The predicted molar refractivity (Wildman–Crippen MR) is 51.7 cm³/mol. The van der Waals surface area contributed by atoms with Crippen molar-refractivity contribution in [3.05, 3.63) is 0 Å². The van der Waals surface area contributed by atoms with Crippen molar-refractivity contribution in [2.45, 2.75) is 27.7 Å². The van der Waals surface area contributed by atoms with Crippen molar-refractivity contribution in [3.8, 4) is 0 Å². The molecule has 0 radical (unpaired) electrons. The molecule has 0 bridgehead atoms. The Morgan fingerprint density at radius 1 is 1.08 bits per heavy atom. The first-order chi connectivity index (χ1) is 5.18. The van der Waals surface area contributed by atoms with Crippen LogP contribution < -0.4 is 0 Å². The summed E-state index contributed by atoms with van der Waals surface area (Å²) in [5.41, 5.74) is 0. The zero-order valence-corrected chi connectivity index (χ0v) is 9.07. The van der Waals surface area contributed by atoms with Crippen LogP contribution in [0.5, 0.6) is 0 Å². The summed E-state index contributed by atoms with van der Waals surface area (Å²) in [5.74, 6) is -0.211. The summed E-state index contributed by atoms with van der Waals surface area (Å²) in [4.78, 5) is 9.82. The van der Waals surface area contributed by atoms with E-state index >= 15 is 0 Å². The van der Waals surface area contributed by atoms with E-state index in [1.165, 1.54) is 6.92 Å². The van der Waals surface area contributed by atoms with E-state index in [4.69, 9.17) is 4.74 Å². The van der Waals surface area contributed by atoms with Gasteiger partial charge in [0.2, 0.25) is 0 Å². The zero-order chi connectivity index (χ0) is 9.11. The van der Waals surface area contributed by atoms with Crippen LogP contribution in [-0.4, -0.2) is 25.8 Å². The van der Waals surface area contributed by atoms with Gasteiger partial charge in [0.1, 0.15) is 0 Å². The van der Waals surface area contributed by atoms with E-state index in [0.29, 0.717) is 6.61 Å². The first kappa shape index (κ1) is 17.7. The van der Waals surface area contributed by atoms with E-state index in [9.17, 15) is 4.79 Å². The van der Waals surface area contributed by atoms with E-state index < -0.39 is 0 Å². The predicted octanol–water partition coefficient (Wildman–Crippen LogP) is 2.03. The van der Waals surface area contributed by atoms with Crippen LogP contribution in [0.4, 0.5) is 0 Å². The Labute approximate surface area is 80.8 Å². The molecule has 12 heavy (non-hydrogen) atoms. The largest absolute Gasteiger partial charge is 0.466 e. The number of hydrogen-bond donors (Lipinski definition) is 0. The molecular weight excluding hydrogens is 180 g/mol. The van der Waals surface area contributed by atoms with Gasteiger partial charge in [-0.25, -0.2) is 0 Å². The molecule has 0 unspecified atom stereocenters. The molecule has 0 spiro atoms. The minimum absolute atomic E-state index is 0. The lowest BCUT2D eigenvalue weighted by molar-refractivity contribution is -0.140. The number of esters is 1. The van der Waals surface area contributed by atoms with Gasteiger partial charge in [0, 0.05) is 20.1 Å². The molecule has 0 heterocycles. The maximum Gasteiger partial charge on any atom is 0.302 e. The molecule has 3 nitrogen and oxygen atoms in total. The van der Waals surface area contributed by atoms with Gasteiger partial charge < -0.3 is 9.47 Å². The Balaban J connectivity index is -0.000000126. The van der Waals surface area contributed by atoms with Gasteiger partial charge in [0.25, 0.3) is 0 Å². The number of halogens is 1. The van der Waals surface area contributed by atoms with Crippen LogP contribution in [0.2, 0.25) is 0 Å². The normalized spacial score (nSPS) is 7.33. The van der Waals surface area contributed by atoms with E-state index in [1.54, 1.807) is 6.92 Å². The third kappa shape index (κ3) is 33.2. The molecule has 76 valence electrons. The van der Waals surface area contributed by atoms with Crippen LogP contribution in [0.25, 0.3) is 0 Å². The average Bonchev–Trinajstić information content (AvgIpc) is 1.90. The highest BCUT2D eigenvalue weighted by atomic mass is 35.5. The maximum absolute atomic E-state index is 9.82. The van der Waals surface area contributed by atoms with Gasteiger partial charge in [-0.3, -0.25) is 4.79 Å². The van der Waals surface area contributed by atoms with E-state index in [2.05, 4.69) is 4.74 Å². The van der Waals surface area contributed by atoms with Gasteiger partial charge >= 0.3 is 5.97 Å². The fourth-order valence-electron chi connectivity index (χ4n) is 0.407. The average molecular weight is 199 g/mol. The van der Waals surface area contributed by atoms with Crippen molar-refractivity contribution >= 4 is 18.4 Å². The monoisotopic (exact) mass is 198 g/mol. The standard InChI is InChI=1S/C4H8O2.C4H10O.ClH/c1-3-6-4(2)5;1-3-5-4-2;/h3H2,1-2H3;3-4H2,1-2H3;1H. The van der Waals surface area contributed by atoms with E-state index in [1.807, 2.05) is 13.8 Å². The molecule has 0 aromatic carbocycles. The SMILES string of the molecule is CCOC(C)=O.CCOCC.Cl. The highest BCUT2D eigenvalue weighted by molar-refractivity contribution is 5.85. The Kier molecular flexibility index (Phi) is 25.1. The van der Waals surface area contributed by atoms with Gasteiger partial charge in [-0.1, -0.05) is 0 Å². The van der Waals surface area contributed by atoms with Crippen LogP contribution in [-0.2, 0) is 14.3 Å². The fraction of sp³-hybridized carbons (Fsp3) is 0.875. The Hall–Kier alpha value is -0.280. The van der Waals surface area contributed by atoms with Gasteiger partial charge in [-0.15, -0.1) is 12.4 Å². The minimum Gasteiger partial charge on any atom is -0.466 e. The second-order valence-corrected chi connectivity index (χ2v) is 1.71. The summed E-state index contributed by atoms with van der Waals surface area (Å²) < 4.78 is 9.24. The molecule has 0 aromatic rings. The first-order valence-electron chi connectivity index (χ1n) is 3.90. The molecule has 4 heteroatoms. The first-order valence-corrected chi connectivity index (χ1v) is 3.90. The van der Waals surface area contributed by atoms with Gasteiger partial charge in [0.15, 0.2) is 0 Å². The Morgan fingerprint density at radius 3 is 1.50 bits per heavy atom. The molecule has 0 aromatic heterocycles. The van der Waals surface area contributed by atoms with Gasteiger partial charge in [0.05, 0.1) is 6.61 Å². The quantitative estimate of drug-likeness (QED) is 0.651. The van der Waals surface area contributed by atoms with Crippen molar-refractivity contribution in [2.75, 3.05) is 19.8 Å². The molecule has 0 aliphatic rings. The number of carbonyl (C=O) groups is 1. The fourth-order valence-corrected chi connectivity index (χ4v) is 0.407. The van der Waals surface area contributed by atoms with Crippen LogP contribution in [0.1, 0.15) is 27.7 Å². The number of hydrogen-bond acceptors (Lipinski definition) is 3. The number of ether oxygens (including phenoxy) is 2. The third-order valence-corrected chi connectivity index (χ3v) is 0.756. The summed E-state index contributed by atoms with van der Waals surface area (Å²) in [6.45, 7) is 9.32. The van der Waals surface area contributed by atoms with E-state index in [0.717, 1.165) is 13.2 Å². The van der Waals surface area contributed by atoms with Crippen molar-refractivity contribution in [1.82, 2.24) is 0 Å². The molecule has 0 saturated heterocycles. The smallest absolute Gasteiger partial charge is 0.302 e. The lowest BCUT2D eigenvalue weighted by Crippen LogP contribution is -1.95. The zero-order valence-electron chi connectivity index (χ0n) is 8.25. The summed E-state index contributed by atoms with van der Waals surface area (Å²) in [5, 5.41) is 0. The molecule has 0 N–H and O–H groups in total. The minimum atomic E-state index is -0.211. The van der Waals surface area contributed by atoms with Crippen LogP contribution in [0.3, 0.4) is 0 Å². The summed E-state index contributed by atoms with van der Waals surface area (Å²) in [6.07, 6.45) is 0. The molecule has 0 aliphatic carbocycles. The molecule has 0 fully saturated rings. The van der Waals surface area contributed by atoms with Crippen molar-refractivity contribution < 1.29 is 14.3 Å². The summed E-state index contributed by atoms with van der Waals surface area (Å²) in [7, 11) is 0. The van der Waals surface area contributed by atoms with Crippen LogP contribution >= 0.6 is 12.4 Å². The Morgan fingerprint density at radius 2 is 1.50 bits per heavy atom. The lowest BCUT2D eigenvalue weighted by atomic mass is 10.8. The van der Waals surface area contributed by atoms with Crippen LogP contribution in [0.15, 0.2) is 0 Å². The molecule has 0 rings (SSSR count). The van der Waals surface area contributed by atoms with Crippen molar-refractivity contribution in [1.29, 1.82) is 0 Å². The number of carbonyl (C=O) groups excluding carboxylic acids is 1. The topological polar surface area (TPSA) is 35.5 Å². The number of rotatable bonds is 3. The van der Waals surface area contributed by atoms with Crippen LogP contribution in [0, 0.1) is 0 Å². The van der Waals surface area contributed by atoms with Gasteiger partial charge in [-0.2, -0.15) is 0 Å². The third-order valence-electron chi connectivity index (χ3n) is 0.756.